The van der Waals surface area contributed by atoms with Gasteiger partial charge in [-0.1, -0.05) is 42.5 Å². The number of benzene rings is 2. The molecule has 19 heavy (non-hydrogen) atoms. The smallest absolute Gasteiger partial charge is 0.414 e. The van der Waals surface area contributed by atoms with Gasteiger partial charge >= 0.3 is 6.09 Å². The fraction of sp³-hybridized carbons (Fsp3) is 0.133. The summed E-state index contributed by atoms with van der Waals surface area (Å²) >= 11 is 2.20. The zero-order chi connectivity index (χ0) is 13.7. The van der Waals surface area contributed by atoms with Crippen molar-refractivity contribution < 1.29 is 9.53 Å². The van der Waals surface area contributed by atoms with Crippen LogP contribution in [0.15, 0.2) is 54.6 Å². The van der Waals surface area contributed by atoms with Crippen molar-refractivity contribution in [2.45, 2.75) is 6.61 Å². The summed E-state index contributed by atoms with van der Waals surface area (Å²) in [5.41, 5.74) is 1.83. The van der Waals surface area contributed by atoms with Gasteiger partial charge in [-0.3, -0.25) is 4.90 Å². The molecule has 0 bridgehead atoms. The first-order chi connectivity index (χ1) is 9.18. The molecule has 0 aliphatic rings. The molecule has 3 nitrogen and oxygen atoms in total. The van der Waals surface area contributed by atoms with E-state index in [1.165, 1.54) is 4.90 Å². The van der Waals surface area contributed by atoms with Gasteiger partial charge in [-0.25, -0.2) is 4.79 Å². The highest BCUT2D eigenvalue weighted by molar-refractivity contribution is 14.1. The maximum atomic E-state index is 12.0. The highest BCUT2D eigenvalue weighted by Gasteiger charge is 2.14. The Labute approximate surface area is 126 Å². The van der Waals surface area contributed by atoms with E-state index >= 15 is 0 Å². The molecule has 0 aliphatic carbocycles. The van der Waals surface area contributed by atoms with Gasteiger partial charge < -0.3 is 4.74 Å². The van der Waals surface area contributed by atoms with Crippen molar-refractivity contribution >= 4 is 34.4 Å². The Kier molecular flexibility index (Phi) is 4.79. The standard InChI is InChI=1S/C15H14INO2/c1-17(14-10-6-5-9-13(14)16)15(18)19-11-12-7-3-2-4-8-12/h2-10H,11H2,1H3. The van der Waals surface area contributed by atoms with Crippen LogP contribution in [0.4, 0.5) is 10.5 Å². The van der Waals surface area contributed by atoms with E-state index < -0.39 is 0 Å². The van der Waals surface area contributed by atoms with Gasteiger partial charge in [-0.2, -0.15) is 0 Å². The van der Waals surface area contributed by atoms with Gasteiger partial charge in [0.15, 0.2) is 0 Å². The number of amides is 1. The fourth-order valence-corrected chi connectivity index (χ4v) is 2.39. The topological polar surface area (TPSA) is 29.5 Å². The van der Waals surface area contributed by atoms with E-state index in [9.17, 15) is 4.79 Å². The summed E-state index contributed by atoms with van der Waals surface area (Å²) in [6, 6.07) is 17.3. The van der Waals surface area contributed by atoms with Crippen molar-refractivity contribution in [1.82, 2.24) is 0 Å². The number of anilines is 1. The first-order valence-corrected chi connectivity index (χ1v) is 6.95. The number of halogens is 1. The van der Waals surface area contributed by atoms with Crippen LogP contribution < -0.4 is 4.90 Å². The van der Waals surface area contributed by atoms with E-state index in [1.807, 2.05) is 54.6 Å². The molecule has 2 aromatic carbocycles. The first kappa shape index (κ1) is 13.9. The Hall–Kier alpha value is -1.56. The highest BCUT2D eigenvalue weighted by atomic mass is 127. The maximum absolute atomic E-state index is 12.0. The molecule has 0 saturated heterocycles. The van der Waals surface area contributed by atoms with Crippen LogP contribution in [0, 0.1) is 3.57 Å². The number of hydrogen-bond donors (Lipinski definition) is 0. The second-order valence-electron chi connectivity index (χ2n) is 4.05. The van der Waals surface area contributed by atoms with Gasteiger partial charge in [-0.15, -0.1) is 0 Å². The second-order valence-corrected chi connectivity index (χ2v) is 5.21. The molecule has 0 spiro atoms. The molecule has 0 aliphatic heterocycles. The van der Waals surface area contributed by atoms with Crippen molar-refractivity contribution in [3.8, 4) is 0 Å². The molecule has 2 aromatic rings. The average Bonchev–Trinajstić information content (AvgIpc) is 2.45. The van der Waals surface area contributed by atoms with Gasteiger partial charge in [0.05, 0.1) is 5.69 Å². The lowest BCUT2D eigenvalue weighted by molar-refractivity contribution is 0.148. The van der Waals surface area contributed by atoms with E-state index in [0.29, 0.717) is 0 Å². The van der Waals surface area contributed by atoms with Gasteiger partial charge in [-0.05, 0) is 40.3 Å². The molecule has 0 fully saturated rings. The predicted molar refractivity (Wildman–Crippen MR) is 84.2 cm³/mol. The number of para-hydroxylation sites is 1. The largest absolute Gasteiger partial charge is 0.444 e. The van der Waals surface area contributed by atoms with E-state index in [0.717, 1.165) is 14.8 Å². The van der Waals surface area contributed by atoms with E-state index in [-0.39, 0.29) is 12.7 Å². The minimum Gasteiger partial charge on any atom is -0.444 e. The molecule has 2 rings (SSSR count). The van der Waals surface area contributed by atoms with Gasteiger partial charge in [0, 0.05) is 10.6 Å². The zero-order valence-corrected chi connectivity index (χ0v) is 12.7. The number of carbonyl (C=O) groups excluding carboxylic acids is 1. The van der Waals surface area contributed by atoms with Crippen LogP contribution >= 0.6 is 22.6 Å². The quantitative estimate of drug-likeness (QED) is 0.766. The third-order valence-electron chi connectivity index (χ3n) is 2.69. The molecule has 0 aromatic heterocycles. The molecular weight excluding hydrogens is 353 g/mol. The second kappa shape index (κ2) is 6.56. The lowest BCUT2D eigenvalue weighted by Gasteiger charge is -2.18. The Morgan fingerprint density at radius 3 is 2.42 bits per heavy atom. The van der Waals surface area contributed by atoms with Crippen LogP contribution in [0.5, 0.6) is 0 Å². The summed E-state index contributed by atoms with van der Waals surface area (Å²) in [6.45, 7) is 0.285. The minimum atomic E-state index is -0.354. The van der Waals surface area contributed by atoms with Crippen LogP contribution in [-0.4, -0.2) is 13.1 Å². The summed E-state index contributed by atoms with van der Waals surface area (Å²) in [5, 5.41) is 0. The molecule has 0 unspecified atom stereocenters. The Morgan fingerprint density at radius 1 is 1.11 bits per heavy atom. The van der Waals surface area contributed by atoms with Crippen LogP contribution in [0.25, 0.3) is 0 Å². The van der Waals surface area contributed by atoms with Gasteiger partial charge in [0.1, 0.15) is 6.61 Å². The van der Waals surface area contributed by atoms with Crippen LogP contribution in [-0.2, 0) is 11.3 Å². The number of ether oxygens (including phenoxy) is 1. The molecule has 0 saturated carbocycles. The van der Waals surface area contributed by atoms with Crippen molar-refractivity contribution in [1.29, 1.82) is 0 Å². The molecule has 0 heterocycles. The number of carbonyl (C=O) groups is 1. The van der Waals surface area contributed by atoms with Crippen molar-refractivity contribution in [2.24, 2.45) is 0 Å². The Morgan fingerprint density at radius 2 is 1.74 bits per heavy atom. The van der Waals surface area contributed by atoms with Crippen LogP contribution in [0.1, 0.15) is 5.56 Å². The molecule has 4 heteroatoms. The molecule has 0 atom stereocenters. The number of rotatable bonds is 3. The molecule has 0 N–H and O–H groups in total. The van der Waals surface area contributed by atoms with E-state index in [1.54, 1.807) is 7.05 Å². The summed E-state index contributed by atoms with van der Waals surface area (Å²) in [6.07, 6.45) is -0.354. The molecular formula is C15H14INO2. The van der Waals surface area contributed by atoms with Crippen molar-refractivity contribution in [3.05, 3.63) is 63.7 Å². The third kappa shape index (κ3) is 3.70. The molecule has 1 amide bonds. The maximum Gasteiger partial charge on any atom is 0.414 e. The van der Waals surface area contributed by atoms with E-state index in [2.05, 4.69) is 22.6 Å². The highest BCUT2D eigenvalue weighted by Crippen LogP contribution is 2.21. The summed E-state index contributed by atoms with van der Waals surface area (Å²) in [7, 11) is 1.71. The minimum absolute atomic E-state index is 0.285. The van der Waals surface area contributed by atoms with Crippen LogP contribution in [0.2, 0.25) is 0 Å². The number of nitrogens with zero attached hydrogens (tertiary/aromatic N) is 1. The third-order valence-corrected chi connectivity index (χ3v) is 3.61. The lowest BCUT2D eigenvalue weighted by atomic mass is 10.2. The normalized spacial score (nSPS) is 10.0. The van der Waals surface area contributed by atoms with Crippen molar-refractivity contribution in [2.75, 3.05) is 11.9 Å². The SMILES string of the molecule is CN(C(=O)OCc1ccccc1)c1ccccc1I. The average molecular weight is 367 g/mol. The lowest BCUT2D eigenvalue weighted by Crippen LogP contribution is -2.27. The summed E-state index contributed by atoms with van der Waals surface area (Å²) in [4.78, 5) is 13.5. The fourth-order valence-electron chi connectivity index (χ4n) is 1.64. The van der Waals surface area contributed by atoms with Gasteiger partial charge in [0.2, 0.25) is 0 Å². The zero-order valence-electron chi connectivity index (χ0n) is 10.5. The summed E-state index contributed by atoms with van der Waals surface area (Å²) in [5.74, 6) is 0. The monoisotopic (exact) mass is 367 g/mol. The Bertz CT molecular complexity index is 557. The van der Waals surface area contributed by atoms with Crippen molar-refractivity contribution in [3.63, 3.8) is 0 Å². The predicted octanol–water partition coefficient (Wildman–Crippen LogP) is 4.06. The molecule has 98 valence electrons. The van der Waals surface area contributed by atoms with E-state index in [4.69, 9.17) is 4.74 Å². The summed E-state index contributed by atoms with van der Waals surface area (Å²) < 4.78 is 6.30. The number of hydrogen-bond acceptors (Lipinski definition) is 2. The first-order valence-electron chi connectivity index (χ1n) is 5.87. The van der Waals surface area contributed by atoms with Gasteiger partial charge in [0.25, 0.3) is 0 Å². The van der Waals surface area contributed by atoms with Crippen LogP contribution in [0.3, 0.4) is 0 Å². The molecule has 0 radical (unpaired) electrons. The Balaban J connectivity index is 1.99.